The van der Waals surface area contributed by atoms with Crippen molar-refractivity contribution in [3.8, 4) is 0 Å². The number of aromatic nitrogens is 1. The molecule has 3 rings (SSSR count). The highest BCUT2D eigenvalue weighted by atomic mass is 15.1. The van der Waals surface area contributed by atoms with Crippen LogP contribution >= 0.6 is 0 Å². The van der Waals surface area contributed by atoms with Crippen molar-refractivity contribution in [3.05, 3.63) is 71.9 Å². The predicted molar refractivity (Wildman–Crippen MR) is 141 cm³/mol. The molecule has 2 nitrogen and oxygen atoms in total. The quantitative estimate of drug-likeness (QED) is 0.198. The minimum Gasteiger partial charge on any atom is -0.372 e. The van der Waals surface area contributed by atoms with Crippen LogP contribution in [0, 0.1) is 0 Å². The van der Waals surface area contributed by atoms with Crippen LogP contribution in [-0.4, -0.2) is 13.1 Å². The maximum atomic E-state index is 2.60. The molecule has 0 amide bonds. The van der Waals surface area contributed by atoms with E-state index in [2.05, 4.69) is 103 Å². The van der Waals surface area contributed by atoms with Gasteiger partial charge >= 0.3 is 0 Å². The first-order valence-electron chi connectivity index (χ1n) is 12.6. The molecule has 170 valence electrons. The van der Waals surface area contributed by atoms with Crippen LogP contribution in [0.25, 0.3) is 23.1 Å². The topological polar surface area (TPSA) is 7.12 Å². The van der Waals surface area contributed by atoms with Gasteiger partial charge < -0.3 is 4.90 Å². The zero-order valence-electron chi connectivity index (χ0n) is 20.4. The van der Waals surface area contributed by atoms with Crippen molar-refractivity contribution in [2.45, 2.75) is 65.2 Å². The summed E-state index contributed by atoms with van der Waals surface area (Å²) in [5.41, 5.74) is 5.08. The van der Waals surface area contributed by atoms with Crippen molar-refractivity contribution in [2.24, 2.45) is 7.05 Å². The van der Waals surface area contributed by atoms with Crippen molar-refractivity contribution in [3.63, 3.8) is 0 Å². The van der Waals surface area contributed by atoms with Gasteiger partial charge in [-0.2, -0.15) is 4.57 Å². The number of hydrogen-bond donors (Lipinski definition) is 0. The second kappa shape index (κ2) is 13.1. The van der Waals surface area contributed by atoms with Gasteiger partial charge in [0.05, 0.1) is 0 Å². The van der Waals surface area contributed by atoms with E-state index in [4.69, 9.17) is 0 Å². The number of rotatable bonds is 13. The smallest absolute Gasteiger partial charge is 0.212 e. The Morgan fingerprint density at radius 2 is 1.34 bits per heavy atom. The number of para-hydroxylation sites is 1. The third-order valence-electron chi connectivity index (χ3n) is 6.39. The lowest BCUT2D eigenvalue weighted by Crippen LogP contribution is -2.32. The van der Waals surface area contributed by atoms with Crippen LogP contribution in [0.1, 0.15) is 76.5 Å². The Hall–Kier alpha value is -2.61. The molecule has 32 heavy (non-hydrogen) atoms. The van der Waals surface area contributed by atoms with E-state index in [1.54, 1.807) is 0 Å². The molecule has 3 aromatic rings. The summed E-state index contributed by atoms with van der Waals surface area (Å²) in [6.07, 6.45) is 15.0. The highest BCUT2D eigenvalue weighted by Crippen LogP contribution is 2.19. The molecule has 0 saturated carbocycles. The summed E-state index contributed by atoms with van der Waals surface area (Å²) in [6.45, 7) is 6.92. The van der Waals surface area contributed by atoms with Crippen molar-refractivity contribution < 1.29 is 4.57 Å². The van der Waals surface area contributed by atoms with E-state index < -0.39 is 0 Å². The maximum Gasteiger partial charge on any atom is 0.212 e. The van der Waals surface area contributed by atoms with Gasteiger partial charge in [0.25, 0.3) is 0 Å². The molecule has 0 saturated heterocycles. The van der Waals surface area contributed by atoms with Gasteiger partial charge in [0.1, 0.15) is 7.05 Å². The molecule has 0 bridgehead atoms. The number of benzene rings is 2. The summed E-state index contributed by atoms with van der Waals surface area (Å²) < 4.78 is 2.26. The molecule has 0 aliphatic rings. The first kappa shape index (κ1) is 24.0. The molecule has 1 heterocycles. The molecule has 2 heteroatoms. The Bertz CT molecular complexity index is 960. The van der Waals surface area contributed by atoms with Crippen molar-refractivity contribution in [1.82, 2.24) is 0 Å². The summed E-state index contributed by atoms with van der Waals surface area (Å²) in [5, 5.41) is 1.27. The second-order valence-electron chi connectivity index (χ2n) is 8.91. The maximum absolute atomic E-state index is 2.60. The van der Waals surface area contributed by atoms with E-state index in [0.29, 0.717) is 0 Å². The number of pyridine rings is 1. The minimum absolute atomic E-state index is 1.17. The molecule has 0 atom stereocenters. The van der Waals surface area contributed by atoms with Crippen LogP contribution < -0.4 is 9.47 Å². The average Bonchev–Trinajstić information content (AvgIpc) is 2.83. The van der Waals surface area contributed by atoms with E-state index in [0.717, 1.165) is 0 Å². The van der Waals surface area contributed by atoms with Crippen molar-refractivity contribution >= 4 is 28.7 Å². The van der Waals surface area contributed by atoms with Gasteiger partial charge in [-0.1, -0.05) is 76.6 Å². The third-order valence-corrected chi connectivity index (χ3v) is 6.39. The summed E-state index contributed by atoms with van der Waals surface area (Å²) in [7, 11) is 2.14. The van der Waals surface area contributed by atoms with E-state index >= 15 is 0 Å². The zero-order chi connectivity index (χ0) is 22.6. The summed E-state index contributed by atoms with van der Waals surface area (Å²) >= 11 is 0. The Kier molecular flexibility index (Phi) is 9.81. The molecule has 0 fully saturated rings. The summed E-state index contributed by atoms with van der Waals surface area (Å²) in [4.78, 5) is 2.60. The van der Waals surface area contributed by atoms with Crippen LogP contribution in [0.3, 0.4) is 0 Å². The monoisotopic (exact) mass is 429 g/mol. The van der Waals surface area contributed by atoms with Crippen LogP contribution in [0.15, 0.2) is 60.7 Å². The molecule has 0 aliphatic carbocycles. The van der Waals surface area contributed by atoms with Gasteiger partial charge in [-0.25, -0.2) is 0 Å². The van der Waals surface area contributed by atoms with E-state index in [-0.39, 0.29) is 0 Å². The number of unbranched alkanes of at least 4 members (excludes halogenated alkanes) is 6. The number of anilines is 1. The van der Waals surface area contributed by atoms with Crippen LogP contribution in [-0.2, 0) is 7.05 Å². The molecule has 0 spiro atoms. The van der Waals surface area contributed by atoms with E-state index in [1.165, 1.54) is 92.3 Å². The van der Waals surface area contributed by atoms with Gasteiger partial charge in [-0.05, 0) is 48.7 Å². The third kappa shape index (κ3) is 6.95. The highest BCUT2D eigenvalue weighted by Gasteiger charge is 2.09. The SMILES string of the molecule is CCCCCCN(CCCCCC)c1ccc(/C=C/c2ccc3ccccc3[n+]2C)cc1. The van der Waals surface area contributed by atoms with Gasteiger partial charge in [0.2, 0.25) is 11.2 Å². The molecular formula is C30H41N2+. The lowest BCUT2D eigenvalue weighted by molar-refractivity contribution is -0.646. The number of aryl methyl sites for hydroxylation is 1. The van der Waals surface area contributed by atoms with E-state index in [9.17, 15) is 0 Å². The first-order chi connectivity index (χ1) is 15.7. The lowest BCUT2D eigenvalue weighted by atomic mass is 10.1. The van der Waals surface area contributed by atoms with Crippen molar-refractivity contribution in [1.29, 1.82) is 0 Å². The molecular weight excluding hydrogens is 388 g/mol. The number of fused-ring (bicyclic) bond motifs is 1. The molecule has 0 unspecified atom stereocenters. The summed E-state index contributed by atoms with van der Waals surface area (Å²) in [6, 6.07) is 22.1. The Balaban J connectivity index is 1.67. The fourth-order valence-corrected chi connectivity index (χ4v) is 4.33. The number of nitrogens with zero attached hydrogens (tertiary/aromatic N) is 2. The molecule has 2 aromatic carbocycles. The fourth-order valence-electron chi connectivity index (χ4n) is 4.33. The zero-order valence-corrected chi connectivity index (χ0v) is 20.4. The van der Waals surface area contributed by atoms with Gasteiger partial charge in [-0.15, -0.1) is 0 Å². The normalized spacial score (nSPS) is 11.5. The van der Waals surface area contributed by atoms with Crippen LogP contribution in [0.2, 0.25) is 0 Å². The highest BCUT2D eigenvalue weighted by molar-refractivity contribution is 5.77. The van der Waals surface area contributed by atoms with E-state index in [1.807, 2.05) is 0 Å². The molecule has 0 aliphatic heterocycles. The Morgan fingerprint density at radius 3 is 2.00 bits per heavy atom. The minimum atomic E-state index is 1.17. The van der Waals surface area contributed by atoms with Crippen LogP contribution in [0.4, 0.5) is 5.69 Å². The average molecular weight is 430 g/mol. The molecule has 0 radical (unpaired) electrons. The predicted octanol–water partition coefficient (Wildman–Crippen LogP) is 7.80. The first-order valence-corrected chi connectivity index (χ1v) is 12.6. The molecule has 0 N–H and O–H groups in total. The molecule has 1 aromatic heterocycles. The van der Waals surface area contributed by atoms with Gasteiger partial charge in [0, 0.05) is 42.4 Å². The van der Waals surface area contributed by atoms with Crippen molar-refractivity contribution in [2.75, 3.05) is 18.0 Å². The van der Waals surface area contributed by atoms with Gasteiger partial charge in [-0.3, -0.25) is 0 Å². The second-order valence-corrected chi connectivity index (χ2v) is 8.91. The lowest BCUT2D eigenvalue weighted by Gasteiger charge is -2.25. The fraction of sp³-hybridized carbons (Fsp3) is 0.433. The number of hydrogen-bond acceptors (Lipinski definition) is 1. The summed E-state index contributed by atoms with van der Waals surface area (Å²) in [5.74, 6) is 0. The van der Waals surface area contributed by atoms with Gasteiger partial charge in [0.15, 0.2) is 0 Å². The standard InChI is InChI=1S/C30H41N2/c1-4-6-8-12-24-32(25-13-9-7-5-2)29-21-17-26(18-22-29)16-20-28-23-19-27-14-10-11-15-30(27)31(28)3/h10-11,14-23H,4-9,12-13,24-25H2,1-3H3/q+1. The Labute approximate surface area is 195 Å². The largest absolute Gasteiger partial charge is 0.372 e. The van der Waals surface area contributed by atoms with Crippen LogP contribution in [0.5, 0.6) is 0 Å². The Morgan fingerprint density at radius 1 is 0.688 bits per heavy atom.